The summed E-state index contributed by atoms with van der Waals surface area (Å²) in [5, 5.41) is 13.2. The number of anilines is 2. The van der Waals surface area contributed by atoms with E-state index >= 15 is 0 Å². The molecule has 1 aliphatic heterocycles. The van der Waals surface area contributed by atoms with Gasteiger partial charge in [-0.2, -0.15) is 0 Å². The van der Waals surface area contributed by atoms with E-state index in [1.807, 2.05) is 34.0 Å². The Morgan fingerprint density at radius 1 is 0.471 bits per heavy atom. The van der Waals surface area contributed by atoms with Crippen molar-refractivity contribution in [3.8, 4) is 38.4 Å². The topological polar surface area (TPSA) is 17.0 Å². The maximum Gasteiger partial charge on any atom is 0.198 e. The van der Waals surface area contributed by atoms with E-state index < -0.39 is 0 Å². The van der Waals surface area contributed by atoms with E-state index in [1.165, 1.54) is 133 Å². The Morgan fingerprint density at radius 3 is 1.84 bits per heavy atom. The van der Waals surface area contributed by atoms with E-state index in [9.17, 15) is 0 Å². The Balaban J connectivity index is 1.14. The van der Waals surface area contributed by atoms with Crippen LogP contribution in [0.15, 0.2) is 176 Å². The molecule has 0 unspecified atom stereocenters. The van der Waals surface area contributed by atoms with Crippen LogP contribution in [0.5, 0.6) is 0 Å². The van der Waals surface area contributed by atoms with Gasteiger partial charge in [0.15, 0.2) is 7.28 Å². The number of hydrogen-bond acceptors (Lipinski definition) is 4. The summed E-state index contributed by atoms with van der Waals surface area (Å²) in [7, 11) is 2.55. The minimum Gasteiger partial charge on any atom is -0.355 e. The van der Waals surface area contributed by atoms with E-state index in [4.69, 9.17) is 0 Å². The van der Waals surface area contributed by atoms with Crippen LogP contribution in [0.25, 0.3) is 111 Å². The van der Waals surface area contributed by atoms with Gasteiger partial charge in [0, 0.05) is 94.3 Å². The van der Waals surface area contributed by atoms with Crippen molar-refractivity contribution in [1.29, 1.82) is 0 Å². The van der Waals surface area contributed by atoms with Crippen molar-refractivity contribution in [1.82, 2.24) is 4.57 Å². The average Bonchev–Trinajstić information content (AvgIpc) is 4.13. The predicted molar refractivity (Wildman–Crippen MR) is 310 cm³/mol. The van der Waals surface area contributed by atoms with E-state index in [1.54, 1.807) is 0 Å². The smallest absolute Gasteiger partial charge is 0.198 e. The molecule has 0 bridgehead atoms. The van der Waals surface area contributed by atoms with Crippen LogP contribution in [0.1, 0.15) is 52.7 Å². The Bertz CT molecular complexity index is 4290. The summed E-state index contributed by atoms with van der Waals surface area (Å²) < 4.78 is 9.15. The lowest BCUT2D eigenvalue weighted by Crippen LogP contribution is -2.37. The molecule has 2 nitrogen and oxygen atoms in total. The highest BCUT2D eigenvalue weighted by Gasteiger charge is 2.33. The molecule has 0 saturated carbocycles. The molecule has 1 N–H and O–H groups in total. The fourth-order valence-corrected chi connectivity index (χ4v) is 14.9. The van der Waals surface area contributed by atoms with Crippen LogP contribution in [0, 0.1) is 0 Å². The first-order chi connectivity index (χ1) is 34.0. The van der Waals surface area contributed by atoms with Gasteiger partial charge in [0.2, 0.25) is 0 Å². The minimum absolute atomic E-state index is 0.0273. The number of benzene rings is 9. The van der Waals surface area contributed by atoms with Gasteiger partial charge in [-0.3, -0.25) is 0 Å². The zero-order chi connectivity index (χ0) is 47.2. The van der Waals surface area contributed by atoms with Gasteiger partial charge in [0.05, 0.1) is 11.0 Å². The molecular formula is C64H48BN2S3. The Hall–Kier alpha value is -6.96. The van der Waals surface area contributed by atoms with Crippen molar-refractivity contribution in [2.45, 2.75) is 52.4 Å². The number of nitrogens with zero attached hydrogens (tertiary/aromatic N) is 1. The first-order valence-electron chi connectivity index (χ1n) is 24.3. The highest BCUT2D eigenvalue weighted by molar-refractivity contribution is 7.27. The zero-order valence-electron chi connectivity index (χ0n) is 40.0. The largest absolute Gasteiger partial charge is 0.355 e. The fraction of sp³-hybridized carbons (Fsp3) is 0.125. The number of hydrogen-bond donors (Lipinski definition) is 1. The monoisotopic (exact) mass is 951 g/mol. The molecule has 70 heavy (non-hydrogen) atoms. The van der Waals surface area contributed by atoms with E-state index in [2.05, 4.69) is 235 Å². The normalized spacial score (nSPS) is 12.8. The number of aromatic nitrogens is 1. The van der Waals surface area contributed by atoms with Gasteiger partial charge < -0.3 is 9.88 Å². The first kappa shape index (κ1) is 42.0. The summed E-state index contributed by atoms with van der Waals surface area (Å²) in [5.41, 5.74) is 17.4. The SMILES string of the molecule is CC(C)(C)c1ccc(Nc2cc3sc4ccccc4c3cc2-c2c3c4c(c5cc(C(C)(C)C)ccc5n4-c4cc5c(-c6ccccc6)c(-c6ccccc6)sc5cc4[B]3)c3sc4ccccc4c23)cc1. The Kier molecular flexibility index (Phi) is 9.16. The molecule has 335 valence electrons. The van der Waals surface area contributed by atoms with Gasteiger partial charge in [-0.05, 0) is 105 Å². The third kappa shape index (κ3) is 6.36. The van der Waals surface area contributed by atoms with Gasteiger partial charge in [0.1, 0.15) is 0 Å². The molecule has 6 heteroatoms. The molecule has 0 spiro atoms. The van der Waals surface area contributed by atoms with Crippen molar-refractivity contribution in [2.75, 3.05) is 5.32 Å². The number of rotatable bonds is 5. The highest BCUT2D eigenvalue weighted by atomic mass is 32.1. The van der Waals surface area contributed by atoms with Gasteiger partial charge in [-0.1, -0.05) is 162 Å². The van der Waals surface area contributed by atoms with E-state index in [0.29, 0.717) is 0 Å². The maximum absolute atomic E-state index is 4.05. The molecule has 0 amide bonds. The average molecular weight is 952 g/mol. The number of nitrogens with one attached hydrogen (secondary N) is 1. The lowest BCUT2D eigenvalue weighted by atomic mass is 9.58. The van der Waals surface area contributed by atoms with Crippen LogP contribution in [0.2, 0.25) is 0 Å². The summed E-state index contributed by atoms with van der Waals surface area (Å²) >= 11 is 5.73. The van der Waals surface area contributed by atoms with Crippen molar-refractivity contribution in [2.24, 2.45) is 0 Å². The third-order valence-electron chi connectivity index (χ3n) is 14.7. The number of fused-ring (bicyclic) bond motifs is 13. The molecule has 5 heterocycles. The minimum atomic E-state index is -0.0273. The standard InChI is InChI=1S/C64H48BN2S3/c1-63(2,3)38-25-28-40(29-26-38)66-48-35-54-43(41-21-13-15-23-51(41)68-54)32-44(48)56-57-42-22-14-16-24-52(42)69-62(57)58-45-31-39(64(4,5)6)27-30-49(45)67-50-33-46-53(34-47(50)65-59(56)60(58)67)70-61(37-19-11-8-12-20-37)55(46)36-17-9-7-10-18-36/h7-35,66H,1-6H3. The Labute approximate surface area is 420 Å². The lowest BCUT2D eigenvalue weighted by molar-refractivity contribution is 0.590. The third-order valence-corrected chi connectivity index (χ3v) is 18.2. The van der Waals surface area contributed by atoms with E-state index in [-0.39, 0.29) is 10.8 Å². The second kappa shape index (κ2) is 15.3. The van der Waals surface area contributed by atoms with Crippen molar-refractivity contribution >= 4 is 136 Å². The molecule has 1 aliphatic rings. The van der Waals surface area contributed by atoms with Crippen molar-refractivity contribution in [3.63, 3.8) is 0 Å². The molecule has 0 atom stereocenters. The fourth-order valence-electron chi connectivity index (χ4n) is 11.2. The molecule has 9 aromatic carbocycles. The lowest BCUT2D eigenvalue weighted by Gasteiger charge is -2.25. The van der Waals surface area contributed by atoms with Gasteiger partial charge in [-0.15, -0.1) is 34.0 Å². The molecule has 13 aromatic rings. The molecule has 1 radical (unpaired) electrons. The van der Waals surface area contributed by atoms with Crippen LogP contribution >= 0.6 is 34.0 Å². The molecule has 0 saturated heterocycles. The van der Waals surface area contributed by atoms with Gasteiger partial charge >= 0.3 is 0 Å². The van der Waals surface area contributed by atoms with Crippen LogP contribution in [0.4, 0.5) is 11.4 Å². The predicted octanol–water partition coefficient (Wildman–Crippen LogP) is 18.0. The first-order valence-corrected chi connectivity index (χ1v) is 26.8. The molecule has 4 aromatic heterocycles. The van der Waals surface area contributed by atoms with Gasteiger partial charge in [0.25, 0.3) is 0 Å². The second-order valence-corrected chi connectivity index (χ2v) is 24.4. The molecule has 0 aliphatic carbocycles. The highest BCUT2D eigenvalue weighted by Crippen LogP contribution is 2.52. The van der Waals surface area contributed by atoms with Crippen LogP contribution in [-0.4, -0.2) is 11.8 Å². The Morgan fingerprint density at radius 2 is 1.11 bits per heavy atom. The quantitative estimate of drug-likeness (QED) is 0.170. The summed E-state index contributed by atoms with van der Waals surface area (Å²) in [6.07, 6.45) is 0. The number of thiophene rings is 3. The molecule has 0 fully saturated rings. The maximum atomic E-state index is 4.05. The van der Waals surface area contributed by atoms with Crippen LogP contribution < -0.4 is 16.2 Å². The van der Waals surface area contributed by atoms with E-state index in [0.717, 1.165) is 11.4 Å². The van der Waals surface area contributed by atoms with Crippen molar-refractivity contribution < 1.29 is 0 Å². The van der Waals surface area contributed by atoms with Crippen LogP contribution in [-0.2, 0) is 10.8 Å². The van der Waals surface area contributed by atoms with Crippen molar-refractivity contribution in [3.05, 3.63) is 187 Å². The molecule has 14 rings (SSSR count). The van der Waals surface area contributed by atoms with Gasteiger partial charge in [-0.25, -0.2) is 0 Å². The zero-order valence-corrected chi connectivity index (χ0v) is 42.4. The summed E-state index contributed by atoms with van der Waals surface area (Å²) in [6, 6.07) is 66.3. The summed E-state index contributed by atoms with van der Waals surface area (Å²) in [4.78, 5) is 1.30. The van der Waals surface area contributed by atoms with Crippen LogP contribution in [0.3, 0.4) is 0 Å². The molecular weight excluding hydrogens is 904 g/mol. The summed E-state index contributed by atoms with van der Waals surface area (Å²) in [5.74, 6) is 0. The summed E-state index contributed by atoms with van der Waals surface area (Å²) in [6.45, 7) is 13.9. The second-order valence-electron chi connectivity index (χ2n) is 21.2.